The van der Waals surface area contributed by atoms with Crippen molar-refractivity contribution in [3.05, 3.63) is 154 Å². The van der Waals surface area contributed by atoms with Crippen molar-refractivity contribution in [1.29, 1.82) is 0 Å². The van der Waals surface area contributed by atoms with Crippen molar-refractivity contribution in [2.45, 2.75) is 36.8 Å². The van der Waals surface area contributed by atoms with E-state index in [9.17, 15) is 0 Å². The van der Waals surface area contributed by atoms with Gasteiger partial charge in [-0.1, -0.05) is 132 Å². The predicted octanol–water partition coefficient (Wildman–Crippen LogP) is 8.17. The van der Waals surface area contributed by atoms with Crippen molar-refractivity contribution in [1.82, 2.24) is 0 Å². The molecule has 0 heterocycles. The van der Waals surface area contributed by atoms with Crippen LogP contribution in [-0.4, -0.2) is 9.52 Å². The molecule has 2 radical (unpaired) electrons. The predicted molar refractivity (Wildman–Crippen MR) is 150 cm³/mol. The van der Waals surface area contributed by atoms with Gasteiger partial charge in [-0.15, -0.1) is 0 Å². The summed E-state index contributed by atoms with van der Waals surface area (Å²) in [4.78, 5) is 0. The zero-order chi connectivity index (χ0) is 23.9. The molecule has 4 aromatic rings. The minimum Gasteiger partial charge on any atom is -0.0693 e. The molecule has 0 saturated heterocycles. The molecular weight excluding hydrogens is 528 g/mol. The van der Waals surface area contributed by atoms with Crippen LogP contribution in [0.2, 0.25) is 12.1 Å². The number of hydrogen-bond acceptors (Lipinski definition) is 0. The van der Waals surface area contributed by atoms with Gasteiger partial charge in [0.25, 0.3) is 0 Å². The van der Waals surface area contributed by atoms with Gasteiger partial charge in [0, 0.05) is 46.6 Å². The van der Waals surface area contributed by atoms with E-state index < -0.39 is 0 Å². The van der Waals surface area contributed by atoms with Gasteiger partial charge in [0.2, 0.25) is 0 Å². The second-order valence-electron chi connectivity index (χ2n) is 10.1. The van der Waals surface area contributed by atoms with Gasteiger partial charge in [-0.2, -0.15) is 0 Å². The normalized spacial score (nSPS) is 21.2. The fourth-order valence-corrected chi connectivity index (χ4v) is 8.00. The van der Waals surface area contributed by atoms with E-state index in [0.29, 0.717) is 0 Å². The summed E-state index contributed by atoms with van der Waals surface area (Å²) in [6, 6.07) is 38.4. The quantitative estimate of drug-likeness (QED) is 0.210. The Hall–Kier alpha value is -2.54. The Morgan fingerprint density at radius 3 is 1.44 bits per heavy atom. The van der Waals surface area contributed by atoms with E-state index in [4.69, 9.17) is 0 Å². The average Bonchev–Trinajstić information content (AvgIpc) is 3.45. The monoisotopic (exact) mass is 556 g/mol. The van der Waals surface area contributed by atoms with Gasteiger partial charge >= 0.3 is 0 Å². The third-order valence-electron chi connectivity index (χ3n) is 7.85. The summed E-state index contributed by atoms with van der Waals surface area (Å²) in [7, 11) is 0.808. The first kappa shape index (κ1) is 25.1. The zero-order valence-corrected chi connectivity index (χ0v) is 24.4. The van der Waals surface area contributed by atoms with Crippen molar-refractivity contribution in [2.75, 3.05) is 0 Å². The molecule has 174 valence electrons. The number of hydrogen-bond donors (Lipinski definition) is 0. The van der Waals surface area contributed by atoms with Gasteiger partial charge in [-0.3, -0.25) is 0 Å². The van der Waals surface area contributed by atoms with Crippen LogP contribution in [0.15, 0.2) is 109 Å². The molecule has 0 spiro atoms. The summed E-state index contributed by atoms with van der Waals surface area (Å²) in [5, 5.41) is 0. The average molecular weight is 558 g/mol. The number of aryl methyl sites for hydroxylation is 2. The second-order valence-corrected chi connectivity index (χ2v) is 11.3. The maximum Gasteiger partial charge on any atom is 0.0410 e. The van der Waals surface area contributed by atoms with Crippen LogP contribution in [0.5, 0.6) is 0 Å². The number of allylic oxidation sites excluding steroid dienone is 2. The van der Waals surface area contributed by atoms with E-state index >= 15 is 0 Å². The second kappa shape index (κ2) is 10.1. The molecule has 4 aromatic carbocycles. The van der Waals surface area contributed by atoms with Crippen molar-refractivity contribution < 1.29 is 26.2 Å². The molecule has 0 N–H and O–H groups in total. The maximum absolute atomic E-state index is 2.47. The zero-order valence-electron chi connectivity index (χ0n) is 21.0. The van der Waals surface area contributed by atoms with E-state index in [2.05, 4.69) is 135 Å². The van der Waals surface area contributed by atoms with Crippen LogP contribution in [0.1, 0.15) is 44.5 Å². The molecule has 0 aliphatic heterocycles. The Morgan fingerprint density at radius 2 is 1.00 bits per heavy atom. The minimum atomic E-state index is -0.0588. The van der Waals surface area contributed by atoms with Gasteiger partial charge in [0.1, 0.15) is 0 Å². The number of fused-ring (bicyclic) bond motifs is 2. The third-order valence-corrected chi connectivity index (χ3v) is 9.47. The SMILES string of the molecule is Cc1cccc(C2(C[Si]CC3(c4cccc(C)c4)C=Cc4ccccc43)C=Cc3ccccc32)c1.[Zr]. The van der Waals surface area contributed by atoms with Crippen molar-refractivity contribution in [3.8, 4) is 0 Å². The largest absolute Gasteiger partial charge is 0.0693 e. The standard InChI is InChI=1S/C34H30Si.Zr/c1-25-9-7-13-29(21-25)33(19-17-27-11-3-5-15-31(27)33)23-35-24-34(30-14-8-10-26(2)22-30)20-18-28-12-4-6-16-32(28)34;/h3-22H,23-24H2,1-2H3;. The van der Waals surface area contributed by atoms with Gasteiger partial charge in [0.05, 0.1) is 0 Å². The molecule has 0 bridgehead atoms. The van der Waals surface area contributed by atoms with Crippen LogP contribution >= 0.6 is 0 Å². The van der Waals surface area contributed by atoms with Crippen LogP contribution in [-0.2, 0) is 37.0 Å². The number of benzene rings is 4. The van der Waals surface area contributed by atoms with Gasteiger partial charge in [-0.05, 0) is 59.3 Å². The maximum atomic E-state index is 2.47. The molecule has 0 fully saturated rings. The summed E-state index contributed by atoms with van der Waals surface area (Å²) < 4.78 is 0. The molecule has 2 atom stereocenters. The summed E-state index contributed by atoms with van der Waals surface area (Å²) in [6.07, 6.45) is 9.61. The van der Waals surface area contributed by atoms with Crippen molar-refractivity contribution in [3.63, 3.8) is 0 Å². The minimum absolute atomic E-state index is 0. The summed E-state index contributed by atoms with van der Waals surface area (Å²) in [6.45, 7) is 4.41. The topological polar surface area (TPSA) is 0 Å². The molecule has 0 saturated carbocycles. The Morgan fingerprint density at radius 1 is 0.556 bits per heavy atom. The van der Waals surface area contributed by atoms with Crippen LogP contribution in [0, 0.1) is 13.8 Å². The summed E-state index contributed by atoms with van der Waals surface area (Å²) in [5.41, 5.74) is 11.0. The molecule has 2 aliphatic carbocycles. The molecular formula is C34H30SiZr. The Labute approximate surface area is 237 Å². The molecule has 2 aliphatic rings. The first-order valence-electron chi connectivity index (χ1n) is 12.5. The molecule has 0 aromatic heterocycles. The van der Waals surface area contributed by atoms with E-state index in [1.165, 1.54) is 44.5 Å². The fraction of sp³-hybridized carbons (Fsp3) is 0.176. The smallest absolute Gasteiger partial charge is 0.0410 e. The molecule has 2 unspecified atom stereocenters. The van der Waals surface area contributed by atoms with E-state index in [1.807, 2.05) is 0 Å². The molecule has 0 nitrogen and oxygen atoms in total. The molecule has 0 amide bonds. The van der Waals surface area contributed by atoms with Crippen molar-refractivity contribution in [2.24, 2.45) is 0 Å². The molecule has 36 heavy (non-hydrogen) atoms. The summed E-state index contributed by atoms with van der Waals surface area (Å²) >= 11 is 0. The van der Waals surface area contributed by atoms with Crippen LogP contribution in [0.3, 0.4) is 0 Å². The Bertz CT molecular complexity index is 1350. The van der Waals surface area contributed by atoms with Crippen LogP contribution in [0.4, 0.5) is 0 Å². The molecule has 6 rings (SSSR count). The number of rotatable bonds is 6. The van der Waals surface area contributed by atoms with Gasteiger partial charge in [0.15, 0.2) is 0 Å². The summed E-state index contributed by atoms with van der Waals surface area (Å²) in [5.74, 6) is 0. The van der Waals surface area contributed by atoms with E-state index in [0.717, 1.165) is 21.6 Å². The van der Waals surface area contributed by atoms with Crippen LogP contribution in [0.25, 0.3) is 12.2 Å². The van der Waals surface area contributed by atoms with E-state index in [-0.39, 0.29) is 37.0 Å². The third kappa shape index (κ3) is 4.19. The van der Waals surface area contributed by atoms with Gasteiger partial charge < -0.3 is 0 Å². The first-order valence-corrected chi connectivity index (χ1v) is 13.9. The fourth-order valence-electron chi connectivity index (χ4n) is 6.06. The van der Waals surface area contributed by atoms with Crippen LogP contribution < -0.4 is 0 Å². The Balaban J connectivity index is 0.00000267. The van der Waals surface area contributed by atoms with Crippen molar-refractivity contribution >= 4 is 21.7 Å². The van der Waals surface area contributed by atoms with E-state index in [1.54, 1.807) is 0 Å². The first-order chi connectivity index (χ1) is 17.1. The Kier molecular flexibility index (Phi) is 7.03. The van der Waals surface area contributed by atoms with Gasteiger partial charge in [-0.25, -0.2) is 0 Å². The molecule has 2 heteroatoms.